The molecular weight excluding hydrogens is 324 g/mol. The maximum atomic E-state index is 13.1. The lowest BCUT2D eigenvalue weighted by molar-refractivity contribution is -0.132. The number of hydrogen-bond donors (Lipinski definition) is 2. The van der Waals surface area contributed by atoms with Crippen LogP contribution in [-0.2, 0) is 11.2 Å². The van der Waals surface area contributed by atoms with Gasteiger partial charge in [-0.05, 0) is 37.3 Å². The number of aromatic nitrogens is 3. The molecule has 0 bridgehead atoms. The fraction of sp³-hybridized carbons (Fsp3) is 0.333. The Bertz CT molecular complexity index is 996. The van der Waals surface area contributed by atoms with Gasteiger partial charge in [0.25, 0.3) is 0 Å². The van der Waals surface area contributed by atoms with E-state index in [1.807, 2.05) is 17.2 Å². The van der Waals surface area contributed by atoms with E-state index in [2.05, 4.69) is 45.7 Å². The van der Waals surface area contributed by atoms with Crippen LogP contribution in [0, 0.1) is 0 Å². The number of H-pyrrole nitrogens is 2. The van der Waals surface area contributed by atoms with E-state index in [9.17, 15) is 4.79 Å². The van der Waals surface area contributed by atoms with Gasteiger partial charge in [-0.3, -0.25) is 9.89 Å². The highest BCUT2D eigenvalue weighted by molar-refractivity contribution is 5.93. The second-order valence-electron chi connectivity index (χ2n) is 7.26. The summed E-state index contributed by atoms with van der Waals surface area (Å²) >= 11 is 0. The molecule has 26 heavy (non-hydrogen) atoms. The van der Waals surface area contributed by atoms with Gasteiger partial charge in [-0.25, -0.2) is 0 Å². The maximum absolute atomic E-state index is 13.1. The lowest BCUT2D eigenvalue weighted by atomic mass is 9.85. The maximum Gasteiger partial charge on any atom is 0.230 e. The molecule has 5 nitrogen and oxygen atoms in total. The molecule has 0 saturated carbocycles. The predicted molar refractivity (Wildman–Crippen MR) is 102 cm³/mol. The lowest BCUT2D eigenvalue weighted by Crippen LogP contribution is -2.38. The van der Waals surface area contributed by atoms with Crippen LogP contribution >= 0.6 is 0 Å². The van der Waals surface area contributed by atoms with Crippen molar-refractivity contribution in [1.82, 2.24) is 20.1 Å². The molecule has 0 fully saturated rings. The van der Waals surface area contributed by atoms with E-state index in [0.717, 1.165) is 49.0 Å². The molecule has 0 radical (unpaired) electrons. The van der Waals surface area contributed by atoms with Crippen molar-refractivity contribution in [2.45, 2.75) is 31.6 Å². The Morgan fingerprint density at radius 1 is 1.23 bits per heavy atom. The van der Waals surface area contributed by atoms with Gasteiger partial charge in [-0.1, -0.05) is 24.3 Å². The van der Waals surface area contributed by atoms with Crippen molar-refractivity contribution in [3.8, 4) is 0 Å². The quantitative estimate of drug-likeness (QED) is 0.744. The van der Waals surface area contributed by atoms with Crippen LogP contribution in [0.15, 0.2) is 42.7 Å². The molecule has 2 N–H and O–H groups in total. The monoisotopic (exact) mass is 346 g/mol. The van der Waals surface area contributed by atoms with E-state index in [1.165, 1.54) is 16.5 Å². The van der Waals surface area contributed by atoms with Crippen molar-refractivity contribution in [3.63, 3.8) is 0 Å². The third-order valence-electron chi connectivity index (χ3n) is 5.80. The first-order valence-corrected chi connectivity index (χ1v) is 9.37. The molecule has 3 heterocycles. The van der Waals surface area contributed by atoms with Gasteiger partial charge in [0, 0.05) is 47.0 Å². The van der Waals surface area contributed by atoms with E-state index in [-0.39, 0.29) is 11.8 Å². The number of carbonyl (C=O) groups excluding carboxylic acids is 1. The number of carbonyl (C=O) groups is 1. The molecular formula is C21H22N4O. The second-order valence-corrected chi connectivity index (χ2v) is 7.26. The fourth-order valence-corrected chi connectivity index (χ4v) is 4.39. The van der Waals surface area contributed by atoms with Crippen molar-refractivity contribution in [2.24, 2.45) is 0 Å². The Kier molecular flexibility index (Phi) is 3.66. The van der Waals surface area contributed by atoms with Crippen LogP contribution in [0.25, 0.3) is 16.5 Å². The van der Waals surface area contributed by atoms with Gasteiger partial charge >= 0.3 is 0 Å². The van der Waals surface area contributed by atoms with Crippen LogP contribution < -0.4 is 0 Å². The summed E-state index contributed by atoms with van der Waals surface area (Å²) in [6.07, 6.45) is 10.0. The van der Waals surface area contributed by atoms with Crippen LogP contribution in [-0.4, -0.2) is 39.1 Å². The zero-order valence-corrected chi connectivity index (χ0v) is 14.7. The van der Waals surface area contributed by atoms with Gasteiger partial charge < -0.3 is 9.88 Å². The van der Waals surface area contributed by atoms with Crippen molar-refractivity contribution in [2.75, 3.05) is 13.1 Å². The average Bonchev–Trinajstić information content (AvgIpc) is 3.34. The minimum absolute atomic E-state index is 0.0273. The number of fused-ring (bicyclic) bond motifs is 2. The van der Waals surface area contributed by atoms with E-state index in [0.29, 0.717) is 6.54 Å². The largest absolute Gasteiger partial charge is 0.361 e. The number of amides is 1. The van der Waals surface area contributed by atoms with Gasteiger partial charge in [0.2, 0.25) is 5.91 Å². The van der Waals surface area contributed by atoms with Gasteiger partial charge in [-0.2, -0.15) is 5.10 Å². The van der Waals surface area contributed by atoms with Gasteiger partial charge in [0.1, 0.15) is 0 Å². The van der Waals surface area contributed by atoms with E-state index in [4.69, 9.17) is 0 Å². The number of nitrogens with zero attached hydrogens (tertiary/aromatic N) is 2. The number of rotatable bonds is 2. The Balaban J connectivity index is 1.36. The Morgan fingerprint density at radius 2 is 2.15 bits per heavy atom. The summed E-state index contributed by atoms with van der Waals surface area (Å²) in [5.41, 5.74) is 6.01. The zero-order chi connectivity index (χ0) is 17.5. The number of para-hydroxylation sites is 1. The molecule has 5 heteroatoms. The Hall–Kier alpha value is -2.82. The topological polar surface area (TPSA) is 64.8 Å². The molecule has 132 valence electrons. The third kappa shape index (κ3) is 2.46. The van der Waals surface area contributed by atoms with E-state index >= 15 is 0 Å². The predicted octanol–water partition coefficient (Wildman–Crippen LogP) is 3.63. The number of aryl methyl sites for hydroxylation is 1. The number of aromatic amines is 2. The average molecular weight is 346 g/mol. The number of benzene rings is 1. The normalized spacial score (nSPS) is 20.1. The zero-order valence-electron chi connectivity index (χ0n) is 14.7. The van der Waals surface area contributed by atoms with E-state index in [1.54, 1.807) is 0 Å². The molecule has 2 aliphatic rings. The van der Waals surface area contributed by atoms with Crippen molar-refractivity contribution in [3.05, 3.63) is 59.6 Å². The second kappa shape index (κ2) is 6.16. The van der Waals surface area contributed by atoms with Gasteiger partial charge in [0.15, 0.2) is 0 Å². The molecule has 0 unspecified atom stereocenters. The van der Waals surface area contributed by atoms with Gasteiger partial charge in [0.05, 0.1) is 12.1 Å². The summed E-state index contributed by atoms with van der Waals surface area (Å²) in [4.78, 5) is 18.4. The van der Waals surface area contributed by atoms with Crippen molar-refractivity contribution in [1.29, 1.82) is 0 Å². The highest BCUT2D eigenvalue weighted by Crippen LogP contribution is 2.34. The summed E-state index contributed by atoms with van der Waals surface area (Å²) < 4.78 is 0. The Morgan fingerprint density at radius 3 is 3.04 bits per heavy atom. The molecule has 0 saturated heterocycles. The molecule has 1 atom stereocenters. The first-order valence-electron chi connectivity index (χ1n) is 9.37. The molecule has 2 aromatic heterocycles. The van der Waals surface area contributed by atoms with Crippen molar-refractivity contribution >= 4 is 22.4 Å². The summed E-state index contributed by atoms with van der Waals surface area (Å²) in [5, 5.41) is 8.46. The fourth-order valence-electron chi connectivity index (χ4n) is 4.39. The third-order valence-corrected chi connectivity index (χ3v) is 5.80. The summed E-state index contributed by atoms with van der Waals surface area (Å²) in [5.74, 6) is 0.224. The first kappa shape index (κ1) is 15.4. The smallest absolute Gasteiger partial charge is 0.230 e. The van der Waals surface area contributed by atoms with Crippen LogP contribution in [0.2, 0.25) is 0 Å². The molecule has 5 rings (SSSR count). The van der Waals surface area contributed by atoms with Crippen molar-refractivity contribution < 1.29 is 4.79 Å². The minimum atomic E-state index is -0.0273. The summed E-state index contributed by atoms with van der Waals surface area (Å²) in [7, 11) is 0. The highest BCUT2D eigenvalue weighted by Gasteiger charge is 2.31. The lowest BCUT2D eigenvalue weighted by Gasteiger charge is -2.31. The summed E-state index contributed by atoms with van der Waals surface area (Å²) in [6, 6.07) is 8.38. The molecule has 1 aromatic carbocycles. The molecule has 3 aromatic rings. The highest BCUT2D eigenvalue weighted by atomic mass is 16.2. The molecule has 1 amide bonds. The Labute approximate surface area is 152 Å². The van der Waals surface area contributed by atoms with Crippen LogP contribution in [0.3, 0.4) is 0 Å². The van der Waals surface area contributed by atoms with Crippen LogP contribution in [0.5, 0.6) is 0 Å². The number of nitrogens with one attached hydrogen (secondary N) is 2. The van der Waals surface area contributed by atoms with Gasteiger partial charge in [-0.15, -0.1) is 0 Å². The van der Waals surface area contributed by atoms with Crippen LogP contribution in [0.1, 0.15) is 42.0 Å². The molecule has 1 aliphatic heterocycles. The first-order chi connectivity index (χ1) is 12.8. The standard InChI is InChI=1S/C21H22N4O/c26-21(16-5-3-7-20-18(16)13-23-24-20)25-10-8-14(9-11-25)17-12-22-19-6-2-1-4-15(17)19/h1-2,4,6,8,12-13,16,22H,3,5,7,9-11H2,(H,23,24)/t16-/m0/s1. The molecule has 1 aliphatic carbocycles. The molecule has 0 spiro atoms. The SMILES string of the molecule is O=C([C@H]1CCCc2[nH]ncc21)N1CC=C(c2c[nH]c3ccccc23)CC1. The van der Waals surface area contributed by atoms with E-state index < -0.39 is 0 Å². The number of hydrogen-bond acceptors (Lipinski definition) is 2. The van der Waals surface area contributed by atoms with Crippen LogP contribution in [0.4, 0.5) is 0 Å². The summed E-state index contributed by atoms with van der Waals surface area (Å²) in [6.45, 7) is 1.48. The minimum Gasteiger partial charge on any atom is -0.361 e.